The number of benzene rings is 1. The number of esters is 1. The third-order valence-corrected chi connectivity index (χ3v) is 3.72. The maximum Gasteiger partial charge on any atom is 0.350 e. The molecule has 0 atom stereocenters. The van der Waals surface area contributed by atoms with E-state index in [-0.39, 0.29) is 5.91 Å². The van der Waals surface area contributed by atoms with Crippen LogP contribution >= 0.6 is 11.3 Å². The summed E-state index contributed by atoms with van der Waals surface area (Å²) in [6.07, 6.45) is 0. The molecule has 0 bridgehead atoms. The Morgan fingerprint density at radius 3 is 2.45 bits per heavy atom. The first-order valence-corrected chi connectivity index (χ1v) is 6.72. The molecule has 0 saturated heterocycles. The summed E-state index contributed by atoms with van der Waals surface area (Å²) in [4.78, 5) is 25.8. The summed E-state index contributed by atoms with van der Waals surface area (Å²) in [7, 11) is 2.93. The predicted molar refractivity (Wildman–Crippen MR) is 79.2 cm³/mol. The summed E-state index contributed by atoms with van der Waals surface area (Å²) in [5.74, 6) is -0.666. The number of thiophene rings is 1. The van der Waals surface area contributed by atoms with Crippen molar-refractivity contribution in [3.05, 3.63) is 46.2 Å². The Hall–Kier alpha value is -2.34. The zero-order valence-corrected chi connectivity index (χ0v) is 11.9. The van der Waals surface area contributed by atoms with Gasteiger partial charge >= 0.3 is 5.97 Å². The lowest BCUT2D eigenvalue weighted by atomic mass is 10.2. The Kier molecular flexibility index (Phi) is 4.05. The van der Waals surface area contributed by atoms with E-state index in [1.807, 2.05) is 0 Å². The number of nitrogens with zero attached hydrogens (tertiary/aromatic N) is 1. The second kappa shape index (κ2) is 5.75. The van der Waals surface area contributed by atoms with Gasteiger partial charge in [-0.2, -0.15) is 0 Å². The summed E-state index contributed by atoms with van der Waals surface area (Å²) < 4.78 is 4.70. The molecule has 1 heterocycles. The quantitative estimate of drug-likeness (QED) is 0.696. The Bertz CT molecular complexity index is 634. The van der Waals surface area contributed by atoms with E-state index >= 15 is 0 Å². The van der Waals surface area contributed by atoms with Crippen LogP contribution in [0.4, 0.5) is 11.4 Å². The van der Waals surface area contributed by atoms with Crippen molar-refractivity contribution < 1.29 is 14.3 Å². The fourth-order valence-electron chi connectivity index (χ4n) is 1.74. The largest absolute Gasteiger partial charge is 0.465 e. The van der Waals surface area contributed by atoms with Crippen molar-refractivity contribution in [2.45, 2.75) is 0 Å². The Labute approximate surface area is 120 Å². The SMILES string of the molecule is COC(=O)c1sccc1N(C)C(=O)c1ccc(N)cc1. The van der Waals surface area contributed by atoms with E-state index in [0.29, 0.717) is 21.8 Å². The minimum Gasteiger partial charge on any atom is -0.465 e. The van der Waals surface area contributed by atoms with Crippen molar-refractivity contribution in [1.82, 2.24) is 0 Å². The van der Waals surface area contributed by atoms with Crippen LogP contribution in [0, 0.1) is 0 Å². The van der Waals surface area contributed by atoms with Gasteiger partial charge < -0.3 is 15.4 Å². The number of amides is 1. The lowest BCUT2D eigenvalue weighted by Crippen LogP contribution is -2.27. The minimum atomic E-state index is -0.452. The van der Waals surface area contributed by atoms with Crippen LogP contribution in [0.3, 0.4) is 0 Å². The zero-order valence-electron chi connectivity index (χ0n) is 11.1. The molecule has 0 radical (unpaired) electrons. The molecule has 0 aliphatic carbocycles. The number of anilines is 2. The highest BCUT2D eigenvalue weighted by Crippen LogP contribution is 2.27. The molecule has 0 unspecified atom stereocenters. The number of carbonyl (C=O) groups is 2. The van der Waals surface area contributed by atoms with Crippen LogP contribution in [0.25, 0.3) is 0 Å². The molecular weight excluding hydrogens is 276 g/mol. The Morgan fingerprint density at radius 1 is 1.20 bits per heavy atom. The number of hydrogen-bond acceptors (Lipinski definition) is 5. The average molecular weight is 290 g/mol. The molecular formula is C14H14N2O3S. The highest BCUT2D eigenvalue weighted by Gasteiger charge is 2.21. The number of methoxy groups -OCH3 is 1. The van der Waals surface area contributed by atoms with Crippen LogP contribution in [-0.4, -0.2) is 26.0 Å². The van der Waals surface area contributed by atoms with Crippen LogP contribution in [0.15, 0.2) is 35.7 Å². The van der Waals surface area contributed by atoms with Crippen LogP contribution < -0.4 is 10.6 Å². The number of hydrogen-bond donors (Lipinski definition) is 1. The van der Waals surface area contributed by atoms with Crippen molar-refractivity contribution in [2.75, 3.05) is 24.8 Å². The number of carbonyl (C=O) groups excluding carboxylic acids is 2. The molecule has 104 valence electrons. The summed E-state index contributed by atoms with van der Waals surface area (Å²) in [5.41, 5.74) is 7.22. The van der Waals surface area contributed by atoms with E-state index in [9.17, 15) is 9.59 Å². The van der Waals surface area contributed by atoms with Crippen molar-refractivity contribution in [3.63, 3.8) is 0 Å². The smallest absolute Gasteiger partial charge is 0.350 e. The van der Waals surface area contributed by atoms with E-state index in [4.69, 9.17) is 10.5 Å². The molecule has 0 aliphatic heterocycles. The third-order valence-electron chi connectivity index (χ3n) is 2.84. The molecule has 0 aliphatic rings. The molecule has 1 aromatic heterocycles. The minimum absolute atomic E-state index is 0.214. The van der Waals surface area contributed by atoms with Crippen molar-refractivity contribution >= 4 is 34.6 Å². The van der Waals surface area contributed by atoms with Crippen LogP contribution in [-0.2, 0) is 4.74 Å². The summed E-state index contributed by atoms with van der Waals surface area (Å²) in [5, 5.41) is 1.74. The summed E-state index contributed by atoms with van der Waals surface area (Å²) >= 11 is 1.24. The highest BCUT2D eigenvalue weighted by molar-refractivity contribution is 7.12. The van der Waals surface area contributed by atoms with Gasteiger partial charge in [0.05, 0.1) is 12.8 Å². The van der Waals surface area contributed by atoms with Gasteiger partial charge in [-0.25, -0.2) is 4.79 Å². The molecule has 2 N–H and O–H groups in total. The van der Waals surface area contributed by atoms with Gasteiger partial charge in [0.1, 0.15) is 4.88 Å². The van der Waals surface area contributed by atoms with E-state index in [0.717, 1.165) is 0 Å². The third kappa shape index (κ3) is 2.65. The maximum atomic E-state index is 12.4. The molecule has 0 saturated carbocycles. The van der Waals surface area contributed by atoms with Crippen molar-refractivity contribution in [2.24, 2.45) is 0 Å². The molecule has 5 nitrogen and oxygen atoms in total. The average Bonchev–Trinajstić information content (AvgIpc) is 2.95. The van der Waals surface area contributed by atoms with Crippen LogP contribution in [0.5, 0.6) is 0 Å². The maximum absolute atomic E-state index is 12.4. The number of nitrogen functional groups attached to an aromatic ring is 1. The van der Waals surface area contributed by atoms with Crippen molar-refractivity contribution in [3.8, 4) is 0 Å². The first kappa shape index (κ1) is 14.1. The van der Waals surface area contributed by atoms with Gasteiger partial charge in [0, 0.05) is 18.3 Å². The Morgan fingerprint density at radius 2 is 1.85 bits per heavy atom. The molecule has 1 aromatic carbocycles. The molecule has 0 fully saturated rings. The molecule has 1 amide bonds. The van der Waals surface area contributed by atoms with E-state index in [1.165, 1.54) is 23.3 Å². The fourth-order valence-corrected chi connectivity index (χ4v) is 2.58. The Balaban J connectivity index is 2.29. The van der Waals surface area contributed by atoms with Gasteiger partial charge in [0.2, 0.25) is 0 Å². The van der Waals surface area contributed by atoms with Gasteiger partial charge in [-0.1, -0.05) is 0 Å². The van der Waals surface area contributed by atoms with Gasteiger partial charge in [-0.15, -0.1) is 11.3 Å². The molecule has 6 heteroatoms. The number of ether oxygens (including phenoxy) is 1. The molecule has 2 rings (SSSR count). The van der Waals surface area contributed by atoms with E-state index in [1.54, 1.807) is 42.8 Å². The monoisotopic (exact) mass is 290 g/mol. The molecule has 20 heavy (non-hydrogen) atoms. The van der Waals surface area contributed by atoms with Crippen LogP contribution in [0.1, 0.15) is 20.0 Å². The predicted octanol–water partition coefficient (Wildman–Crippen LogP) is 2.39. The molecule has 2 aromatic rings. The second-order valence-electron chi connectivity index (χ2n) is 4.11. The first-order chi connectivity index (χ1) is 9.54. The zero-order chi connectivity index (χ0) is 14.7. The lowest BCUT2D eigenvalue weighted by Gasteiger charge is -2.17. The standard InChI is InChI=1S/C14H14N2O3S/c1-16(11-7-8-20-12(11)14(18)19-2)13(17)9-3-5-10(15)6-4-9/h3-8H,15H2,1-2H3. The summed E-state index contributed by atoms with van der Waals surface area (Å²) in [6.45, 7) is 0. The fraction of sp³-hybridized carbons (Fsp3) is 0.143. The van der Waals surface area contributed by atoms with Gasteiger partial charge in [-0.05, 0) is 35.7 Å². The van der Waals surface area contributed by atoms with Crippen LogP contribution in [0.2, 0.25) is 0 Å². The topological polar surface area (TPSA) is 72.6 Å². The first-order valence-electron chi connectivity index (χ1n) is 5.84. The van der Waals surface area contributed by atoms with Gasteiger partial charge in [0.25, 0.3) is 5.91 Å². The number of nitrogens with two attached hydrogens (primary N) is 1. The normalized spacial score (nSPS) is 10.1. The number of rotatable bonds is 3. The second-order valence-corrected chi connectivity index (χ2v) is 5.03. The van der Waals surface area contributed by atoms with E-state index in [2.05, 4.69) is 0 Å². The van der Waals surface area contributed by atoms with Gasteiger partial charge in [-0.3, -0.25) is 4.79 Å². The van der Waals surface area contributed by atoms with E-state index < -0.39 is 5.97 Å². The molecule has 0 spiro atoms. The summed E-state index contributed by atoms with van der Waals surface area (Å²) in [6, 6.07) is 8.34. The van der Waals surface area contributed by atoms with Gasteiger partial charge in [0.15, 0.2) is 0 Å². The van der Waals surface area contributed by atoms with Crippen molar-refractivity contribution in [1.29, 1.82) is 0 Å². The highest BCUT2D eigenvalue weighted by atomic mass is 32.1. The lowest BCUT2D eigenvalue weighted by molar-refractivity contribution is 0.0607.